The normalized spacial score (nSPS) is 26.8. The van der Waals surface area contributed by atoms with Gasteiger partial charge in [-0.05, 0) is 85.9 Å². The van der Waals surface area contributed by atoms with Gasteiger partial charge in [-0.15, -0.1) is 0 Å². The topological polar surface area (TPSA) is 287 Å². The highest BCUT2D eigenvalue weighted by Gasteiger charge is 2.46. The molecular formula is C62H81N5O19S2. The summed E-state index contributed by atoms with van der Waals surface area (Å²) in [5.41, 5.74) is 2.29. The van der Waals surface area contributed by atoms with E-state index in [1.165, 1.54) is 54.9 Å². The third kappa shape index (κ3) is 16.4. The number of nitrogens with one attached hydrogen (secondary N) is 3. The number of nitrogens with zero attached hydrogens (tertiary/aromatic N) is 2. The number of aliphatic hydroxyl groups is 2. The van der Waals surface area contributed by atoms with Crippen molar-refractivity contribution in [1.29, 1.82) is 0 Å². The molecule has 6 heterocycles. The number of fused-ring (bicyclic) bond motifs is 4. The van der Waals surface area contributed by atoms with Crippen molar-refractivity contribution < 1.29 is 88.7 Å². The number of hydrogen-bond donors (Lipinski definition) is 5. The van der Waals surface area contributed by atoms with Gasteiger partial charge >= 0.3 is 12.2 Å². The zero-order valence-electron chi connectivity index (χ0n) is 49.6. The molecule has 2 amide bonds. The fourth-order valence-corrected chi connectivity index (χ4v) is 15.1. The fraction of sp³-hybridized carbons (Fsp3) is 0.548. The third-order valence-corrected chi connectivity index (χ3v) is 20.6. The molecule has 5 N–H and O–H groups in total. The number of hydrogen-bond acceptors (Lipinski definition) is 20. The van der Waals surface area contributed by atoms with Gasteiger partial charge in [0.15, 0.2) is 12.6 Å². The van der Waals surface area contributed by atoms with Crippen LogP contribution in [0, 0.1) is 11.8 Å². The number of sulfonamides is 2. The lowest BCUT2D eigenvalue weighted by Gasteiger charge is -2.31. The smallest absolute Gasteiger partial charge is 0.407 e. The van der Waals surface area contributed by atoms with Gasteiger partial charge in [-0.25, -0.2) is 26.4 Å². The average molecular weight is 1260 g/mol. The Bertz CT molecular complexity index is 3220. The van der Waals surface area contributed by atoms with Gasteiger partial charge in [0, 0.05) is 57.3 Å². The molecule has 4 aromatic rings. The fourth-order valence-electron chi connectivity index (χ4n) is 11.9. The number of ether oxygens (including phenoxy) is 11. The third-order valence-electron chi connectivity index (χ3n) is 16.8. The van der Waals surface area contributed by atoms with Gasteiger partial charge in [0.25, 0.3) is 0 Å². The van der Waals surface area contributed by atoms with Gasteiger partial charge in [0.1, 0.15) is 45.0 Å². The summed E-state index contributed by atoms with van der Waals surface area (Å²) in [7, 11) is -5.86. The summed E-state index contributed by atoms with van der Waals surface area (Å²) in [6.45, 7) is 1.11. The summed E-state index contributed by atoms with van der Waals surface area (Å²) in [6.07, 6.45) is 0.157. The number of amides is 2. The monoisotopic (exact) mass is 1260 g/mol. The molecule has 0 spiro atoms. The maximum Gasteiger partial charge on any atom is 0.407 e. The van der Waals surface area contributed by atoms with Crippen molar-refractivity contribution in [3.05, 3.63) is 120 Å². The molecule has 1 unspecified atom stereocenters. The Labute approximate surface area is 514 Å². The van der Waals surface area contributed by atoms with Crippen LogP contribution in [0.25, 0.3) is 0 Å². The standard InChI is InChI=1S/C62H81N5O19S2/c1-76-45-16-18-57-53(34-45)79-26-8-4-7-22-63-23-24-66(87(57,72)73)36-51(68)50(65-62(71)86-56-40-84-60-48(56)21-29-82-60)33-42-13-9-14-43(31-42)44-15-10-27-80-54-35-46(77-2)17-19-58(54)88(74,75)67(25-30-78-38-44)37-52(69)49(32-41-11-5-3-6-12-41)64-61(70)85-55-39-83-59-47(55)20-28-81-59/h3-7,9,11-14,16-19,31,34-35,44,47-52,55-56,59-60,63,68-69H,8,10,15,20-30,32-33,36-40H2,1-2H3,(H,64,70)(H,65,71)/b7-4-/t44?,47-,48-,49-,50-,51+,52+,55-,56-,59+,60+/m0/s1. The van der Waals surface area contributed by atoms with Gasteiger partial charge in [0.05, 0.1) is 103 Å². The minimum Gasteiger partial charge on any atom is -0.497 e. The molecular weight excluding hydrogens is 1180 g/mol. The second-order valence-electron chi connectivity index (χ2n) is 22.6. The number of rotatable bonds is 17. The summed E-state index contributed by atoms with van der Waals surface area (Å²) in [5.74, 6) is 0.300. The van der Waals surface area contributed by atoms with E-state index >= 15 is 0 Å². The van der Waals surface area contributed by atoms with Crippen LogP contribution in [0.5, 0.6) is 23.0 Å². The van der Waals surface area contributed by atoms with Gasteiger partial charge in [-0.3, -0.25) is 0 Å². The largest absolute Gasteiger partial charge is 0.497 e. The van der Waals surface area contributed by atoms with Crippen molar-refractivity contribution in [1.82, 2.24) is 24.6 Å². The molecule has 0 radical (unpaired) electrons. The summed E-state index contributed by atoms with van der Waals surface area (Å²) < 4.78 is 126. The highest BCUT2D eigenvalue weighted by Crippen LogP contribution is 2.37. The molecule has 480 valence electrons. The predicted octanol–water partition coefficient (Wildman–Crippen LogP) is 4.51. The minimum atomic E-state index is -4.44. The molecule has 0 bridgehead atoms. The van der Waals surface area contributed by atoms with E-state index in [9.17, 15) is 36.6 Å². The molecule has 4 aromatic carbocycles. The number of β-amino-alcohol motifs (C(OH)–C–C–N with tert-alkyl or cyclic N) is 2. The molecule has 26 heteroatoms. The lowest BCUT2D eigenvalue weighted by molar-refractivity contribution is -0.0909. The predicted molar refractivity (Wildman–Crippen MR) is 318 cm³/mol. The quantitative estimate of drug-likeness (QED) is 0.0909. The number of benzene rings is 4. The molecule has 4 saturated heterocycles. The highest BCUT2D eigenvalue weighted by atomic mass is 32.2. The van der Waals surface area contributed by atoms with Crippen LogP contribution in [0.4, 0.5) is 9.59 Å². The summed E-state index contributed by atoms with van der Waals surface area (Å²) in [5, 5.41) is 33.5. The van der Waals surface area contributed by atoms with Crippen LogP contribution in [-0.4, -0.2) is 203 Å². The van der Waals surface area contributed by atoms with E-state index in [2.05, 4.69) is 16.0 Å². The Balaban J connectivity index is 0.884. The Morgan fingerprint density at radius 2 is 1.19 bits per heavy atom. The minimum absolute atomic E-state index is 0.0293. The summed E-state index contributed by atoms with van der Waals surface area (Å²) in [4.78, 5) is 27.3. The van der Waals surface area contributed by atoms with Crippen molar-refractivity contribution in [2.75, 3.05) is 106 Å². The first-order valence-electron chi connectivity index (χ1n) is 30.1. The first-order chi connectivity index (χ1) is 42.7. The first kappa shape index (κ1) is 64.8. The Morgan fingerprint density at radius 3 is 1.80 bits per heavy atom. The molecule has 24 nitrogen and oxygen atoms in total. The van der Waals surface area contributed by atoms with Crippen LogP contribution >= 0.6 is 0 Å². The van der Waals surface area contributed by atoms with E-state index in [0.717, 1.165) is 15.4 Å². The van der Waals surface area contributed by atoms with E-state index in [4.69, 9.17) is 52.1 Å². The van der Waals surface area contributed by atoms with Crippen molar-refractivity contribution >= 4 is 32.2 Å². The molecule has 0 aliphatic carbocycles. The molecule has 0 aromatic heterocycles. The van der Waals surface area contributed by atoms with Gasteiger partial charge in [-0.2, -0.15) is 8.61 Å². The molecule has 6 aliphatic heterocycles. The summed E-state index contributed by atoms with van der Waals surface area (Å²) >= 11 is 0. The van der Waals surface area contributed by atoms with Crippen molar-refractivity contribution in [2.24, 2.45) is 11.8 Å². The molecule has 4 fully saturated rings. The SMILES string of the molecule is COc1ccc2c(c1)OCC/C=C\CNCCN(C[C@@H](O)[C@H](Cc1cccc(C3CCCOc4cc(OC)ccc4S(=O)(=O)N(C[C@@H](O)[C@H](Cc4ccccc4)NC(=O)O[C@H]4CO[C@H]5OCC[C@H]54)CCOC3)c1)NC(=O)O[C@H]1CO[C@H]3OCC[C@H]31)S2(=O)=O. The van der Waals surface area contributed by atoms with Crippen molar-refractivity contribution in [3.63, 3.8) is 0 Å². The molecule has 0 saturated carbocycles. The average Bonchev–Trinajstić information content (AvgIpc) is 1.48. The number of aliphatic hydroxyl groups excluding tert-OH is 2. The van der Waals surface area contributed by atoms with Gasteiger partial charge in [-0.1, -0.05) is 66.7 Å². The zero-order valence-corrected chi connectivity index (χ0v) is 51.2. The van der Waals surface area contributed by atoms with Gasteiger partial charge in [0.2, 0.25) is 20.0 Å². The van der Waals surface area contributed by atoms with Crippen LogP contribution in [0.2, 0.25) is 0 Å². The van der Waals surface area contributed by atoms with Gasteiger partial charge < -0.3 is 78.3 Å². The maximum atomic E-state index is 15.0. The molecule has 88 heavy (non-hydrogen) atoms. The van der Waals surface area contributed by atoms with Crippen molar-refractivity contribution in [3.8, 4) is 23.0 Å². The van der Waals surface area contributed by atoms with E-state index < -0.39 is 94.4 Å². The molecule has 10 rings (SSSR count). The number of carbonyl (C=O) groups is 2. The lowest BCUT2D eigenvalue weighted by Crippen LogP contribution is -2.52. The van der Waals surface area contributed by atoms with E-state index in [0.29, 0.717) is 68.9 Å². The first-order valence-corrected chi connectivity index (χ1v) is 33.0. The molecule has 6 aliphatic rings. The van der Waals surface area contributed by atoms with Crippen molar-refractivity contribution in [2.45, 2.75) is 110 Å². The van der Waals surface area contributed by atoms with Crippen LogP contribution in [-0.2, 0) is 66.0 Å². The van der Waals surface area contributed by atoms with Crippen LogP contribution in [0.3, 0.4) is 0 Å². The highest BCUT2D eigenvalue weighted by molar-refractivity contribution is 7.89. The van der Waals surface area contributed by atoms with E-state index in [1.807, 2.05) is 66.7 Å². The number of alkyl carbamates (subject to hydrolysis) is 2. The second kappa shape index (κ2) is 30.6. The Kier molecular flexibility index (Phi) is 22.5. The van der Waals surface area contributed by atoms with Crippen LogP contribution in [0.15, 0.2) is 113 Å². The van der Waals surface area contributed by atoms with E-state index in [1.54, 1.807) is 0 Å². The molecule has 11 atom stereocenters. The zero-order chi connectivity index (χ0) is 61.6. The number of methoxy groups -OCH3 is 2. The van der Waals surface area contributed by atoms with E-state index in [-0.39, 0.29) is 111 Å². The van der Waals surface area contributed by atoms with Crippen LogP contribution < -0.4 is 34.9 Å². The lowest BCUT2D eigenvalue weighted by atomic mass is 9.91. The van der Waals surface area contributed by atoms with Crippen LogP contribution in [0.1, 0.15) is 54.7 Å². The Morgan fingerprint density at radius 1 is 0.625 bits per heavy atom. The maximum absolute atomic E-state index is 15.0. The Hall–Kier alpha value is -6.14. The second-order valence-corrected chi connectivity index (χ2v) is 26.5. The summed E-state index contributed by atoms with van der Waals surface area (Å²) in [6, 6.07) is 23.6. The number of carbonyl (C=O) groups excluding carboxylic acids is 2.